The van der Waals surface area contributed by atoms with Crippen molar-refractivity contribution in [3.63, 3.8) is 0 Å². The highest BCUT2D eigenvalue weighted by Crippen LogP contribution is 2.55. The van der Waals surface area contributed by atoms with Crippen LogP contribution in [0.5, 0.6) is 17.2 Å². The molecule has 3 aromatic rings. The lowest BCUT2D eigenvalue weighted by atomic mass is 9.59. The van der Waals surface area contributed by atoms with E-state index in [4.69, 9.17) is 14.2 Å². The highest BCUT2D eigenvalue weighted by atomic mass is 16.6. The molecule has 1 aliphatic heterocycles. The van der Waals surface area contributed by atoms with Crippen molar-refractivity contribution in [3.8, 4) is 17.2 Å². The van der Waals surface area contributed by atoms with Crippen LogP contribution in [0.2, 0.25) is 0 Å². The predicted octanol–water partition coefficient (Wildman–Crippen LogP) is 4.49. The molecule has 32 heavy (non-hydrogen) atoms. The Morgan fingerprint density at radius 2 is 1.62 bits per heavy atom. The Balaban J connectivity index is 1.26. The number of fused-ring (bicyclic) bond motifs is 2. The Kier molecular flexibility index (Phi) is 4.56. The maximum atomic E-state index is 13.1. The number of rotatable bonds is 4. The molecule has 7 rings (SSSR count). The molecule has 0 spiro atoms. The van der Waals surface area contributed by atoms with E-state index in [1.807, 2.05) is 0 Å². The van der Waals surface area contributed by atoms with Crippen molar-refractivity contribution in [2.45, 2.75) is 18.3 Å². The highest BCUT2D eigenvalue weighted by Gasteiger charge is 2.42. The summed E-state index contributed by atoms with van der Waals surface area (Å²) in [6.07, 6.45) is 1.05. The molecule has 0 saturated heterocycles. The molecular weight excluding hydrogens is 402 g/mol. The number of hydrogen-bond acceptors (Lipinski definition) is 4. The highest BCUT2D eigenvalue weighted by molar-refractivity contribution is 5.95. The molecule has 0 radical (unpaired) electrons. The Morgan fingerprint density at radius 3 is 2.31 bits per heavy atom. The average Bonchev–Trinajstić information content (AvgIpc) is 2.86. The molecule has 5 nitrogen and oxygen atoms in total. The van der Waals surface area contributed by atoms with Crippen molar-refractivity contribution >= 4 is 5.91 Å². The van der Waals surface area contributed by atoms with Gasteiger partial charge in [-0.3, -0.25) is 4.79 Å². The zero-order chi connectivity index (χ0) is 21.7. The second-order valence-electron chi connectivity index (χ2n) is 8.70. The van der Waals surface area contributed by atoms with Gasteiger partial charge in [0.25, 0.3) is 5.91 Å². The standard InChI is InChI=1S/C27H25NO4/c1-30-23-13-16(14-24-26(23)32-11-10-31-24)27(29)28-15-17-12-22-18-6-2-4-8-20(18)25(17)21-9-5-3-7-19(21)22/h2-9,13-14,17,22,25H,10-12,15H2,1H3,(H,28,29). The molecule has 162 valence electrons. The van der Waals surface area contributed by atoms with Crippen molar-refractivity contribution in [2.75, 3.05) is 26.9 Å². The van der Waals surface area contributed by atoms with Crippen LogP contribution in [0.25, 0.3) is 0 Å². The Morgan fingerprint density at radius 1 is 0.969 bits per heavy atom. The lowest BCUT2D eigenvalue weighted by Crippen LogP contribution is -2.39. The van der Waals surface area contributed by atoms with E-state index in [0.29, 0.717) is 60.3 Å². The fourth-order valence-corrected chi connectivity index (χ4v) is 5.69. The van der Waals surface area contributed by atoms with Crippen LogP contribution < -0.4 is 19.5 Å². The molecule has 1 N–H and O–H groups in total. The van der Waals surface area contributed by atoms with Gasteiger partial charge in [-0.2, -0.15) is 0 Å². The van der Waals surface area contributed by atoms with Gasteiger partial charge in [-0.05, 0) is 46.7 Å². The lowest BCUT2D eigenvalue weighted by molar-refractivity contribution is 0.0941. The number of amides is 1. The molecule has 5 heteroatoms. The second-order valence-corrected chi connectivity index (χ2v) is 8.70. The lowest BCUT2D eigenvalue weighted by Gasteiger charge is -2.45. The van der Waals surface area contributed by atoms with Gasteiger partial charge in [0, 0.05) is 23.9 Å². The summed E-state index contributed by atoms with van der Waals surface area (Å²) >= 11 is 0. The number of carbonyl (C=O) groups excluding carboxylic acids is 1. The molecule has 3 aromatic carbocycles. The van der Waals surface area contributed by atoms with Crippen LogP contribution in [0.4, 0.5) is 0 Å². The van der Waals surface area contributed by atoms with E-state index in [1.54, 1.807) is 19.2 Å². The van der Waals surface area contributed by atoms with E-state index >= 15 is 0 Å². The molecule has 0 aromatic heterocycles. The zero-order valence-electron chi connectivity index (χ0n) is 18.0. The number of benzene rings is 3. The molecule has 1 amide bonds. The Hall–Kier alpha value is -3.47. The van der Waals surface area contributed by atoms with Gasteiger partial charge in [-0.1, -0.05) is 48.5 Å². The van der Waals surface area contributed by atoms with Gasteiger partial charge in [-0.25, -0.2) is 0 Å². The minimum atomic E-state index is -0.122. The third kappa shape index (κ3) is 2.95. The Bertz CT molecular complexity index is 1140. The fourth-order valence-electron chi connectivity index (χ4n) is 5.69. The summed E-state index contributed by atoms with van der Waals surface area (Å²) < 4.78 is 16.8. The third-order valence-corrected chi connectivity index (χ3v) is 7.04. The first-order valence-corrected chi connectivity index (χ1v) is 11.2. The summed E-state index contributed by atoms with van der Waals surface area (Å²) in [7, 11) is 1.57. The van der Waals surface area contributed by atoms with Crippen molar-refractivity contribution in [1.82, 2.24) is 5.32 Å². The van der Waals surface area contributed by atoms with Crippen LogP contribution in [0, 0.1) is 5.92 Å². The maximum Gasteiger partial charge on any atom is 0.251 e. The summed E-state index contributed by atoms with van der Waals surface area (Å²) in [6, 6.07) is 21.0. The van der Waals surface area contributed by atoms with Crippen molar-refractivity contribution in [1.29, 1.82) is 0 Å². The summed E-state index contributed by atoms with van der Waals surface area (Å²) in [6.45, 7) is 1.56. The van der Waals surface area contributed by atoms with E-state index in [2.05, 4.69) is 53.8 Å². The number of hydrogen-bond donors (Lipinski definition) is 1. The van der Waals surface area contributed by atoms with Gasteiger partial charge >= 0.3 is 0 Å². The predicted molar refractivity (Wildman–Crippen MR) is 121 cm³/mol. The van der Waals surface area contributed by atoms with E-state index in [0.717, 1.165) is 6.42 Å². The van der Waals surface area contributed by atoms with E-state index in [-0.39, 0.29) is 5.91 Å². The van der Waals surface area contributed by atoms with E-state index in [1.165, 1.54) is 22.3 Å². The first-order valence-electron chi connectivity index (χ1n) is 11.2. The molecule has 1 atom stereocenters. The maximum absolute atomic E-state index is 13.1. The molecule has 0 fully saturated rings. The monoisotopic (exact) mass is 427 g/mol. The number of ether oxygens (including phenoxy) is 3. The zero-order valence-corrected chi connectivity index (χ0v) is 18.0. The molecule has 1 heterocycles. The number of carbonyl (C=O) groups is 1. The van der Waals surface area contributed by atoms with Crippen molar-refractivity contribution in [2.24, 2.45) is 5.92 Å². The first-order chi connectivity index (χ1) is 15.7. The Labute approximate surface area is 187 Å². The molecular formula is C27H25NO4. The SMILES string of the molecule is COc1cc(C(=O)NCC2CC3c4ccccc4C2c2ccccc23)cc2c1OCCO2. The smallest absolute Gasteiger partial charge is 0.251 e. The fraction of sp³-hybridized carbons (Fsp3) is 0.296. The number of methoxy groups -OCH3 is 1. The van der Waals surface area contributed by atoms with Crippen molar-refractivity contribution < 1.29 is 19.0 Å². The topological polar surface area (TPSA) is 56.8 Å². The third-order valence-electron chi connectivity index (χ3n) is 7.04. The van der Waals surface area contributed by atoms with E-state index < -0.39 is 0 Å². The van der Waals surface area contributed by atoms with Gasteiger partial charge in [0.2, 0.25) is 5.75 Å². The van der Waals surface area contributed by atoms with E-state index in [9.17, 15) is 4.79 Å². The number of nitrogens with one attached hydrogen (secondary N) is 1. The van der Waals surface area contributed by atoms with Crippen LogP contribution in [-0.4, -0.2) is 32.8 Å². The quantitative estimate of drug-likeness (QED) is 0.666. The molecule has 2 bridgehead atoms. The normalized spacial score (nSPS) is 22.0. The van der Waals surface area contributed by atoms with Crippen LogP contribution in [0.15, 0.2) is 60.7 Å². The average molecular weight is 428 g/mol. The summed E-state index contributed by atoms with van der Waals surface area (Å²) in [5, 5.41) is 3.18. The van der Waals surface area contributed by atoms with Crippen LogP contribution in [0.1, 0.15) is 50.9 Å². The minimum absolute atomic E-state index is 0.122. The van der Waals surface area contributed by atoms with Gasteiger partial charge in [-0.15, -0.1) is 0 Å². The van der Waals surface area contributed by atoms with Crippen LogP contribution in [-0.2, 0) is 0 Å². The van der Waals surface area contributed by atoms with Gasteiger partial charge in [0.05, 0.1) is 7.11 Å². The van der Waals surface area contributed by atoms with Crippen LogP contribution >= 0.6 is 0 Å². The van der Waals surface area contributed by atoms with Gasteiger partial charge < -0.3 is 19.5 Å². The molecule has 3 aliphatic carbocycles. The first kappa shape index (κ1) is 19.2. The summed E-state index contributed by atoms with van der Waals surface area (Å²) in [4.78, 5) is 13.1. The van der Waals surface area contributed by atoms with Crippen molar-refractivity contribution in [3.05, 3.63) is 88.5 Å². The summed E-state index contributed by atoms with van der Waals surface area (Å²) in [5.41, 5.74) is 6.21. The van der Waals surface area contributed by atoms with Gasteiger partial charge in [0.1, 0.15) is 13.2 Å². The molecule has 0 saturated carbocycles. The van der Waals surface area contributed by atoms with Crippen LogP contribution in [0.3, 0.4) is 0 Å². The minimum Gasteiger partial charge on any atom is -0.493 e. The second kappa shape index (κ2) is 7.59. The largest absolute Gasteiger partial charge is 0.493 e. The molecule has 4 aliphatic rings. The van der Waals surface area contributed by atoms with Gasteiger partial charge in [0.15, 0.2) is 11.5 Å². The summed E-state index contributed by atoms with van der Waals surface area (Å²) in [5.74, 6) is 2.57. The molecule has 1 unspecified atom stereocenters.